The van der Waals surface area contributed by atoms with Gasteiger partial charge in [-0.2, -0.15) is 0 Å². The largest absolute Gasteiger partial charge is 0.364 e. The topological polar surface area (TPSA) is 86.2 Å². The van der Waals surface area contributed by atoms with Crippen LogP contribution in [0, 0.1) is 0 Å². The smallest absolute Gasteiger partial charge is 0.198 e. The normalized spacial score (nSPS) is 9.47. The SMILES string of the molecule is N[SH](=O)=O.c1ccc(-c2ccon2)cc1. The van der Waals surface area contributed by atoms with Gasteiger partial charge in [-0.15, -0.1) is 0 Å². The van der Waals surface area contributed by atoms with E-state index >= 15 is 0 Å². The number of benzene rings is 1. The lowest BCUT2D eigenvalue weighted by molar-refractivity contribution is 0.422. The summed E-state index contributed by atoms with van der Waals surface area (Å²) in [5, 5.41) is 7.88. The average molecular weight is 226 g/mol. The Bertz CT molecular complexity index is 443. The van der Waals surface area contributed by atoms with Crippen LogP contribution in [-0.4, -0.2) is 13.6 Å². The minimum Gasteiger partial charge on any atom is -0.364 e. The first-order chi connectivity index (χ1) is 7.20. The zero-order chi connectivity index (χ0) is 11.1. The summed E-state index contributed by atoms with van der Waals surface area (Å²) in [7, 11) is -2.62. The molecule has 0 aliphatic carbocycles. The molecule has 0 amide bonds. The van der Waals surface area contributed by atoms with Gasteiger partial charge in [-0.1, -0.05) is 35.5 Å². The van der Waals surface area contributed by atoms with Gasteiger partial charge in [-0.25, -0.2) is 13.6 Å². The Morgan fingerprint density at radius 2 is 1.73 bits per heavy atom. The van der Waals surface area contributed by atoms with E-state index in [9.17, 15) is 0 Å². The van der Waals surface area contributed by atoms with Crippen molar-refractivity contribution in [2.45, 2.75) is 0 Å². The Hall–Kier alpha value is -1.66. The third kappa shape index (κ3) is 4.39. The molecule has 0 bridgehead atoms. The number of rotatable bonds is 1. The van der Waals surface area contributed by atoms with Gasteiger partial charge in [0.2, 0.25) is 0 Å². The van der Waals surface area contributed by atoms with Crippen LogP contribution in [0.1, 0.15) is 0 Å². The van der Waals surface area contributed by atoms with E-state index in [1.165, 1.54) is 0 Å². The van der Waals surface area contributed by atoms with Crippen molar-refractivity contribution in [1.29, 1.82) is 0 Å². The van der Waals surface area contributed by atoms with E-state index in [4.69, 9.17) is 12.9 Å². The summed E-state index contributed by atoms with van der Waals surface area (Å²) < 4.78 is 22.3. The Labute approximate surface area is 88.6 Å². The van der Waals surface area contributed by atoms with Crippen LogP contribution in [0.3, 0.4) is 0 Å². The molecule has 0 saturated heterocycles. The van der Waals surface area contributed by atoms with Crippen molar-refractivity contribution in [2.75, 3.05) is 0 Å². The van der Waals surface area contributed by atoms with Crippen molar-refractivity contribution in [1.82, 2.24) is 5.16 Å². The van der Waals surface area contributed by atoms with Gasteiger partial charge in [0.05, 0.1) is 0 Å². The van der Waals surface area contributed by atoms with Crippen molar-refractivity contribution >= 4 is 10.9 Å². The van der Waals surface area contributed by atoms with Crippen molar-refractivity contribution < 1.29 is 12.9 Å². The predicted octanol–water partition coefficient (Wildman–Crippen LogP) is 0.813. The minimum atomic E-state index is -2.62. The quantitative estimate of drug-likeness (QED) is 0.704. The summed E-state index contributed by atoms with van der Waals surface area (Å²) >= 11 is 0. The van der Waals surface area contributed by atoms with Gasteiger partial charge in [-0.05, 0) is 0 Å². The van der Waals surface area contributed by atoms with Gasteiger partial charge in [0.25, 0.3) is 0 Å². The molecule has 6 heteroatoms. The molecular formula is C9H10N2O3S. The van der Waals surface area contributed by atoms with E-state index < -0.39 is 10.9 Å². The number of thiol groups is 1. The van der Waals surface area contributed by atoms with Gasteiger partial charge in [-0.3, -0.25) is 0 Å². The molecule has 80 valence electrons. The Morgan fingerprint density at radius 3 is 2.20 bits per heavy atom. The van der Waals surface area contributed by atoms with Crippen LogP contribution in [-0.2, 0) is 10.9 Å². The molecule has 1 aromatic carbocycles. The molecule has 0 atom stereocenters. The van der Waals surface area contributed by atoms with Gasteiger partial charge in [0, 0.05) is 11.6 Å². The first-order valence-electron chi connectivity index (χ1n) is 4.05. The van der Waals surface area contributed by atoms with Crippen LogP contribution in [0.15, 0.2) is 47.2 Å². The third-order valence-corrected chi connectivity index (χ3v) is 1.51. The lowest BCUT2D eigenvalue weighted by Crippen LogP contribution is -1.85. The number of aromatic nitrogens is 1. The Morgan fingerprint density at radius 1 is 1.13 bits per heavy atom. The van der Waals surface area contributed by atoms with Gasteiger partial charge < -0.3 is 4.52 Å². The van der Waals surface area contributed by atoms with Crippen LogP contribution >= 0.6 is 0 Å². The molecule has 2 rings (SSSR count). The lowest BCUT2D eigenvalue weighted by Gasteiger charge is -1.90. The maximum atomic E-state index is 8.81. The minimum absolute atomic E-state index is 0.880. The maximum absolute atomic E-state index is 8.81. The first kappa shape index (κ1) is 11.4. The summed E-state index contributed by atoms with van der Waals surface area (Å²) in [5.41, 5.74) is 1.96. The lowest BCUT2D eigenvalue weighted by atomic mass is 10.2. The maximum Gasteiger partial charge on any atom is 0.198 e. The summed E-state index contributed by atoms with van der Waals surface area (Å²) in [6, 6.07) is 11.8. The van der Waals surface area contributed by atoms with Crippen LogP contribution < -0.4 is 5.14 Å². The third-order valence-electron chi connectivity index (χ3n) is 1.51. The highest BCUT2D eigenvalue weighted by molar-refractivity contribution is 7.69. The number of hydrogen-bond donors (Lipinski definition) is 2. The van der Waals surface area contributed by atoms with Gasteiger partial charge >= 0.3 is 0 Å². The molecule has 2 N–H and O–H groups in total. The molecule has 0 radical (unpaired) electrons. The van der Waals surface area contributed by atoms with E-state index in [-0.39, 0.29) is 0 Å². The zero-order valence-corrected chi connectivity index (χ0v) is 8.63. The molecule has 0 fully saturated rings. The van der Waals surface area contributed by atoms with Crippen LogP contribution in [0.4, 0.5) is 0 Å². The predicted molar refractivity (Wildman–Crippen MR) is 56.4 cm³/mol. The second-order valence-corrected chi connectivity index (χ2v) is 3.11. The van der Waals surface area contributed by atoms with E-state index in [0.29, 0.717) is 0 Å². The van der Waals surface area contributed by atoms with Gasteiger partial charge in [0.1, 0.15) is 12.0 Å². The highest BCUT2D eigenvalue weighted by atomic mass is 32.2. The van der Waals surface area contributed by atoms with E-state index in [1.807, 2.05) is 36.4 Å². The van der Waals surface area contributed by atoms with Crippen molar-refractivity contribution in [3.63, 3.8) is 0 Å². The van der Waals surface area contributed by atoms with Gasteiger partial charge in [0.15, 0.2) is 10.9 Å². The number of hydrogen-bond acceptors (Lipinski definition) is 4. The molecule has 0 unspecified atom stereocenters. The highest BCUT2D eigenvalue weighted by Crippen LogP contribution is 2.14. The number of nitrogens with two attached hydrogens (primary N) is 1. The van der Waals surface area contributed by atoms with Crippen LogP contribution in [0.25, 0.3) is 11.3 Å². The monoisotopic (exact) mass is 226 g/mol. The van der Waals surface area contributed by atoms with Crippen molar-refractivity contribution in [3.05, 3.63) is 42.7 Å². The second kappa shape index (κ2) is 5.94. The average Bonchev–Trinajstić information content (AvgIpc) is 2.71. The summed E-state index contributed by atoms with van der Waals surface area (Å²) in [5.74, 6) is 0. The molecule has 15 heavy (non-hydrogen) atoms. The van der Waals surface area contributed by atoms with E-state index in [2.05, 4.69) is 10.3 Å². The summed E-state index contributed by atoms with van der Waals surface area (Å²) in [6.07, 6.45) is 1.57. The highest BCUT2D eigenvalue weighted by Gasteiger charge is 1.96. The molecule has 0 aliphatic rings. The molecule has 0 saturated carbocycles. The fourth-order valence-corrected chi connectivity index (χ4v) is 0.970. The standard InChI is InChI=1S/C9H7NO.H3NO2S/c1-2-4-8(5-3-1)9-6-7-11-10-9;1-4(2)3/h1-7H;4H,(H2,1,2,3). The first-order valence-corrected chi connectivity index (χ1v) is 5.29. The molecule has 0 spiro atoms. The van der Waals surface area contributed by atoms with E-state index in [1.54, 1.807) is 6.26 Å². The summed E-state index contributed by atoms with van der Waals surface area (Å²) in [4.78, 5) is 0. The fourth-order valence-electron chi connectivity index (χ4n) is 0.970. The molecule has 1 aromatic heterocycles. The second-order valence-electron chi connectivity index (χ2n) is 2.54. The fraction of sp³-hybridized carbons (Fsp3) is 0. The molecule has 2 aromatic rings. The molecule has 1 heterocycles. The van der Waals surface area contributed by atoms with Crippen molar-refractivity contribution in [2.24, 2.45) is 5.14 Å². The van der Waals surface area contributed by atoms with E-state index in [0.717, 1.165) is 11.3 Å². The molecule has 5 nitrogen and oxygen atoms in total. The zero-order valence-electron chi connectivity index (χ0n) is 7.74. The Balaban J connectivity index is 0.000000245. The van der Waals surface area contributed by atoms with Crippen molar-refractivity contribution in [3.8, 4) is 11.3 Å². The molecule has 0 aliphatic heterocycles. The summed E-state index contributed by atoms with van der Waals surface area (Å²) in [6.45, 7) is 0. The van der Waals surface area contributed by atoms with Crippen LogP contribution in [0.5, 0.6) is 0 Å². The Kier molecular flexibility index (Phi) is 4.52. The van der Waals surface area contributed by atoms with Crippen LogP contribution in [0.2, 0.25) is 0 Å². The number of nitrogens with zero attached hydrogens (tertiary/aromatic N) is 1. The molecular weight excluding hydrogens is 216 g/mol.